The van der Waals surface area contributed by atoms with E-state index in [-0.39, 0.29) is 5.56 Å². The predicted octanol–water partition coefficient (Wildman–Crippen LogP) is 0.969. The van der Waals surface area contributed by atoms with Gasteiger partial charge in [0.05, 0.1) is 0 Å². The molecule has 0 bridgehead atoms. The van der Waals surface area contributed by atoms with Crippen molar-refractivity contribution < 1.29 is 22.0 Å². The van der Waals surface area contributed by atoms with Gasteiger partial charge in [0.2, 0.25) is 0 Å². The van der Waals surface area contributed by atoms with Crippen molar-refractivity contribution in [2.75, 3.05) is 0 Å². The standard InChI is InChI=1S/C8H7F2NO3S/c9-8(10)15(13,14)11-7(12)6-4-2-1-3-5-6/h1-5,8H,(H,11,12). The maximum atomic E-state index is 11.9. The molecule has 1 aromatic rings. The molecule has 15 heavy (non-hydrogen) atoms. The van der Waals surface area contributed by atoms with Crippen LogP contribution in [0.1, 0.15) is 10.4 Å². The summed E-state index contributed by atoms with van der Waals surface area (Å²) in [4.78, 5) is 11.1. The van der Waals surface area contributed by atoms with Gasteiger partial charge in [0.15, 0.2) is 0 Å². The monoisotopic (exact) mass is 235 g/mol. The Kier molecular flexibility index (Phi) is 3.35. The van der Waals surface area contributed by atoms with Crippen LogP contribution in [0.25, 0.3) is 0 Å². The van der Waals surface area contributed by atoms with Crippen molar-refractivity contribution in [1.29, 1.82) is 0 Å². The second-order valence-corrected chi connectivity index (χ2v) is 4.25. The molecule has 1 aromatic carbocycles. The molecule has 7 heteroatoms. The quantitative estimate of drug-likeness (QED) is 0.849. The van der Waals surface area contributed by atoms with Gasteiger partial charge in [0, 0.05) is 5.56 Å². The van der Waals surface area contributed by atoms with Gasteiger partial charge in [-0.05, 0) is 12.1 Å². The Morgan fingerprint density at radius 1 is 1.20 bits per heavy atom. The van der Waals surface area contributed by atoms with E-state index in [2.05, 4.69) is 0 Å². The van der Waals surface area contributed by atoms with Crippen molar-refractivity contribution in [3.8, 4) is 0 Å². The molecule has 0 aromatic heterocycles. The summed E-state index contributed by atoms with van der Waals surface area (Å²) in [6.07, 6.45) is 0. The van der Waals surface area contributed by atoms with E-state index in [1.54, 1.807) is 6.07 Å². The molecule has 0 radical (unpaired) electrons. The van der Waals surface area contributed by atoms with Gasteiger partial charge in [-0.15, -0.1) is 0 Å². The fourth-order valence-electron chi connectivity index (χ4n) is 0.822. The topological polar surface area (TPSA) is 63.2 Å². The van der Waals surface area contributed by atoms with Gasteiger partial charge in [-0.25, -0.2) is 13.1 Å². The lowest BCUT2D eigenvalue weighted by Gasteiger charge is -2.04. The lowest BCUT2D eigenvalue weighted by atomic mass is 10.2. The molecule has 0 aliphatic rings. The van der Waals surface area contributed by atoms with Gasteiger partial charge in [-0.1, -0.05) is 18.2 Å². The molecule has 4 nitrogen and oxygen atoms in total. The van der Waals surface area contributed by atoms with Gasteiger partial charge in [0.1, 0.15) is 0 Å². The number of nitrogens with one attached hydrogen (secondary N) is 1. The zero-order valence-corrected chi connectivity index (χ0v) is 8.17. The second-order valence-electron chi connectivity index (χ2n) is 2.60. The Hall–Kier alpha value is -1.50. The van der Waals surface area contributed by atoms with E-state index in [0.717, 1.165) is 0 Å². The van der Waals surface area contributed by atoms with Crippen molar-refractivity contribution in [3.05, 3.63) is 35.9 Å². The highest BCUT2D eigenvalue weighted by atomic mass is 32.2. The van der Waals surface area contributed by atoms with E-state index in [4.69, 9.17) is 0 Å². The average Bonchev–Trinajstić information content (AvgIpc) is 2.18. The number of halogens is 2. The molecule has 0 aliphatic heterocycles. The first kappa shape index (κ1) is 11.6. The second kappa shape index (κ2) is 4.35. The molecule has 0 fully saturated rings. The van der Waals surface area contributed by atoms with Crippen molar-refractivity contribution >= 4 is 15.9 Å². The van der Waals surface area contributed by atoms with Gasteiger partial charge in [0.25, 0.3) is 15.9 Å². The third-order valence-corrected chi connectivity index (χ3v) is 2.44. The normalized spacial score (nSPS) is 11.4. The lowest BCUT2D eigenvalue weighted by molar-refractivity contribution is 0.0977. The molecule has 0 unspecified atom stereocenters. The third kappa shape index (κ3) is 2.98. The Labute approximate surface area is 85.0 Å². The Bertz CT molecular complexity index is 444. The molecule has 82 valence electrons. The van der Waals surface area contributed by atoms with Crippen molar-refractivity contribution in [3.63, 3.8) is 0 Å². The number of benzene rings is 1. The molecule has 0 saturated carbocycles. The highest BCUT2D eigenvalue weighted by molar-refractivity contribution is 7.90. The average molecular weight is 235 g/mol. The van der Waals surface area contributed by atoms with Gasteiger partial charge < -0.3 is 0 Å². The summed E-state index contributed by atoms with van der Waals surface area (Å²) in [5.74, 6) is -4.69. The number of hydrogen-bond acceptors (Lipinski definition) is 3. The molecular formula is C8H7F2NO3S. The molecule has 1 N–H and O–H groups in total. The van der Waals surface area contributed by atoms with Crippen LogP contribution in [0.4, 0.5) is 8.78 Å². The van der Waals surface area contributed by atoms with Crippen molar-refractivity contribution in [2.45, 2.75) is 5.76 Å². The minimum Gasteiger partial charge on any atom is -0.268 e. The molecule has 0 spiro atoms. The van der Waals surface area contributed by atoms with E-state index in [0.29, 0.717) is 0 Å². The van der Waals surface area contributed by atoms with E-state index < -0.39 is 21.7 Å². The van der Waals surface area contributed by atoms with E-state index in [1.807, 2.05) is 0 Å². The largest absolute Gasteiger partial charge is 0.355 e. The summed E-state index contributed by atoms with van der Waals surface area (Å²) in [5, 5.41) is 0. The van der Waals surface area contributed by atoms with E-state index in [9.17, 15) is 22.0 Å². The highest BCUT2D eigenvalue weighted by Gasteiger charge is 2.26. The third-order valence-electron chi connectivity index (χ3n) is 1.51. The number of alkyl halides is 2. The number of hydrogen-bond donors (Lipinski definition) is 1. The van der Waals surface area contributed by atoms with Crippen LogP contribution in [0, 0.1) is 0 Å². The SMILES string of the molecule is O=C(NS(=O)(=O)C(F)F)c1ccccc1. The number of carbonyl (C=O) groups is 1. The van der Waals surface area contributed by atoms with Gasteiger partial charge in [-0.3, -0.25) is 4.79 Å². The Morgan fingerprint density at radius 2 is 1.73 bits per heavy atom. The summed E-state index contributed by atoms with van der Waals surface area (Å²) in [6, 6.07) is 7.22. The van der Waals surface area contributed by atoms with Crippen LogP contribution in [0.15, 0.2) is 30.3 Å². The molecular weight excluding hydrogens is 228 g/mol. The number of sulfonamides is 1. The molecule has 1 amide bonds. The van der Waals surface area contributed by atoms with Crippen LogP contribution in [-0.2, 0) is 10.0 Å². The summed E-state index contributed by atoms with van der Waals surface area (Å²) in [7, 11) is -4.88. The van der Waals surface area contributed by atoms with Crippen LogP contribution in [0.2, 0.25) is 0 Å². The molecule has 0 atom stereocenters. The van der Waals surface area contributed by atoms with Gasteiger partial charge >= 0.3 is 5.76 Å². The predicted molar refractivity (Wildman–Crippen MR) is 48.8 cm³/mol. The molecule has 1 rings (SSSR count). The van der Waals surface area contributed by atoms with Crippen LogP contribution >= 0.6 is 0 Å². The molecule has 0 saturated heterocycles. The van der Waals surface area contributed by atoms with Crippen LogP contribution in [-0.4, -0.2) is 20.1 Å². The maximum Gasteiger partial charge on any atom is 0.355 e. The maximum absolute atomic E-state index is 11.9. The first-order valence-electron chi connectivity index (χ1n) is 3.82. The Balaban J connectivity index is 2.82. The summed E-state index contributed by atoms with van der Waals surface area (Å²) < 4.78 is 46.3. The summed E-state index contributed by atoms with van der Waals surface area (Å²) in [5.41, 5.74) is 0.00160. The van der Waals surface area contributed by atoms with E-state index >= 15 is 0 Å². The molecule has 0 aliphatic carbocycles. The smallest absolute Gasteiger partial charge is 0.268 e. The highest BCUT2D eigenvalue weighted by Crippen LogP contribution is 2.04. The fourth-order valence-corrected chi connectivity index (χ4v) is 1.29. The van der Waals surface area contributed by atoms with Crippen molar-refractivity contribution in [1.82, 2.24) is 4.72 Å². The first-order valence-corrected chi connectivity index (χ1v) is 5.37. The minimum absolute atomic E-state index is 0.00160. The van der Waals surface area contributed by atoms with Crippen LogP contribution in [0.5, 0.6) is 0 Å². The van der Waals surface area contributed by atoms with Gasteiger partial charge in [-0.2, -0.15) is 8.78 Å². The molecule has 0 heterocycles. The zero-order valence-electron chi connectivity index (χ0n) is 7.35. The lowest BCUT2D eigenvalue weighted by Crippen LogP contribution is -2.34. The van der Waals surface area contributed by atoms with Crippen LogP contribution in [0.3, 0.4) is 0 Å². The Morgan fingerprint density at radius 3 is 2.20 bits per heavy atom. The van der Waals surface area contributed by atoms with Crippen LogP contribution < -0.4 is 4.72 Å². The fraction of sp³-hybridized carbons (Fsp3) is 0.125. The summed E-state index contributed by atoms with van der Waals surface area (Å²) in [6.45, 7) is 0. The number of rotatable bonds is 3. The summed E-state index contributed by atoms with van der Waals surface area (Å²) >= 11 is 0. The van der Waals surface area contributed by atoms with E-state index in [1.165, 1.54) is 29.0 Å². The number of amides is 1. The number of carbonyl (C=O) groups excluding carboxylic acids is 1. The van der Waals surface area contributed by atoms with Crippen molar-refractivity contribution in [2.24, 2.45) is 0 Å². The minimum atomic E-state index is -4.88. The zero-order chi connectivity index (χ0) is 11.5. The first-order chi connectivity index (χ1) is 6.93.